The zero-order chi connectivity index (χ0) is 29.5. The highest BCUT2D eigenvalue weighted by Gasteiger charge is 2.37. The van der Waals surface area contributed by atoms with Crippen molar-refractivity contribution >= 4 is 6.03 Å². The van der Waals surface area contributed by atoms with Gasteiger partial charge >= 0.3 is 18.4 Å². The summed E-state index contributed by atoms with van der Waals surface area (Å²) in [5.74, 6) is -0.419. The summed E-state index contributed by atoms with van der Waals surface area (Å²) in [6.07, 6.45) is -9.02. The third kappa shape index (κ3) is 8.80. The van der Waals surface area contributed by atoms with Crippen molar-refractivity contribution in [2.75, 3.05) is 39.3 Å². The number of benzene rings is 2. The van der Waals surface area contributed by atoms with E-state index in [9.17, 15) is 35.5 Å². The number of aliphatic hydroxyl groups is 1. The Morgan fingerprint density at radius 2 is 1.65 bits per heavy atom. The van der Waals surface area contributed by atoms with Crippen molar-refractivity contribution in [2.45, 2.75) is 50.6 Å². The van der Waals surface area contributed by atoms with Crippen molar-refractivity contribution in [3.63, 3.8) is 0 Å². The monoisotopic (exact) mass is 578 g/mol. The minimum Gasteiger partial charge on any atom is -0.395 e. The lowest BCUT2D eigenvalue weighted by Gasteiger charge is -2.40. The van der Waals surface area contributed by atoms with Crippen LogP contribution in [0.15, 0.2) is 36.4 Å². The molecule has 6 nitrogen and oxygen atoms in total. The Morgan fingerprint density at radius 1 is 0.975 bits per heavy atom. The van der Waals surface area contributed by atoms with Crippen LogP contribution in [0.5, 0.6) is 0 Å². The minimum atomic E-state index is -4.95. The van der Waals surface area contributed by atoms with E-state index in [2.05, 4.69) is 16.0 Å². The van der Waals surface area contributed by atoms with Crippen molar-refractivity contribution in [1.82, 2.24) is 20.9 Å². The Labute approximate surface area is 227 Å². The molecule has 1 heterocycles. The standard InChI is InChI=1S/C27H33F7N4O2/c1-17-12-21(28)2-3-23(17)24-16-22(36-8-7-35-9-11-39)5-10-38(24)25(40)37-6-4-18-13-19(26(29,30)31)15-20(14-18)27(32,33)34/h2-3,12-15,22,24,35-36,39H,4-11,16H2,1H3,(H,37,40)/t22-,24-/m1/s1. The van der Waals surface area contributed by atoms with E-state index in [0.717, 1.165) is 5.56 Å². The summed E-state index contributed by atoms with van der Waals surface area (Å²) in [6.45, 7) is 3.64. The highest BCUT2D eigenvalue weighted by molar-refractivity contribution is 5.75. The van der Waals surface area contributed by atoms with Crippen LogP contribution in [-0.4, -0.2) is 61.4 Å². The second kappa shape index (κ2) is 13.6. The van der Waals surface area contributed by atoms with E-state index in [1.807, 2.05) is 0 Å². The molecule has 222 valence electrons. The maximum atomic E-state index is 13.8. The molecule has 2 atom stereocenters. The van der Waals surface area contributed by atoms with Crippen LogP contribution in [0.1, 0.15) is 46.7 Å². The molecule has 4 N–H and O–H groups in total. The molecule has 13 heteroatoms. The van der Waals surface area contributed by atoms with Gasteiger partial charge in [0.25, 0.3) is 0 Å². The number of amides is 2. The first-order valence-corrected chi connectivity index (χ1v) is 12.9. The largest absolute Gasteiger partial charge is 0.416 e. The summed E-state index contributed by atoms with van der Waals surface area (Å²) in [5.41, 5.74) is -1.62. The first kappa shape index (κ1) is 31.6. The molecular weight excluding hydrogens is 545 g/mol. The van der Waals surface area contributed by atoms with E-state index in [-0.39, 0.29) is 37.2 Å². The maximum Gasteiger partial charge on any atom is 0.416 e. The lowest BCUT2D eigenvalue weighted by atomic mass is 9.89. The van der Waals surface area contributed by atoms with Gasteiger partial charge in [-0.05, 0) is 73.2 Å². The van der Waals surface area contributed by atoms with Crippen LogP contribution in [0.2, 0.25) is 0 Å². The summed E-state index contributed by atoms with van der Waals surface area (Å²) < 4.78 is 92.8. The van der Waals surface area contributed by atoms with Gasteiger partial charge in [-0.25, -0.2) is 9.18 Å². The summed E-state index contributed by atoms with van der Waals surface area (Å²) in [6, 6.07) is 4.76. The van der Waals surface area contributed by atoms with Crippen LogP contribution in [0.3, 0.4) is 0 Å². The Bertz CT molecular complexity index is 1110. The molecule has 1 aliphatic heterocycles. The number of halogens is 7. The average Bonchev–Trinajstić information content (AvgIpc) is 2.87. The number of piperidine rings is 1. The average molecular weight is 579 g/mol. The summed E-state index contributed by atoms with van der Waals surface area (Å²) >= 11 is 0. The van der Waals surface area contributed by atoms with Crippen molar-refractivity contribution in [3.05, 3.63) is 70.0 Å². The third-order valence-corrected chi connectivity index (χ3v) is 6.81. The first-order chi connectivity index (χ1) is 18.8. The molecule has 0 aromatic heterocycles. The number of urea groups is 1. The van der Waals surface area contributed by atoms with Crippen molar-refractivity contribution in [1.29, 1.82) is 0 Å². The second-order valence-corrected chi connectivity index (χ2v) is 9.76. The molecule has 1 saturated heterocycles. The number of carbonyl (C=O) groups excluding carboxylic acids is 1. The molecule has 2 aromatic rings. The van der Waals surface area contributed by atoms with Gasteiger partial charge in [-0.15, -0.1) is 0 Å². The molecule has 3 rings (SSSR count). The van der Waals surface area contributed by atoms with Crippen LogP contribution in [0.25, 0.3) is 0 Å². The van der Waals surface area contributed by atoms with Gasteiger partial charge in [-0.2, -0.15) is 26.3 Å². The van der Waals surface area contributed by atoms with Crippen molar-refractivity contribution in [2.24, 2.45) is 0 Å². The van der Waals surface area contributed by atoms with E-state index in [0.29, 0.717) is 56.7 Å². The lowest BCUT2D eigenvalue weighted by Crippen LogP contribution is -2.51. The van der Waals surface area contributed by atoms with Crippen LogP contribution in [-0.2, 0) is 18.8 Å². The van der Waals surface area contributed by atoms with E-state index >= 15 is 0 Å². The normalized spacial score (nSPS) is 18.2. The fourth-order valence-corrected chi connectivity index (χ4v) is 4.85. The number of nitrogens with zero attached hydrogens (tertiary/aromatic N) is 1. The Hall–Kier alpha value is -2.90. The Morgan fingerprint density at radius 3 is 2.25 bits per heavy atom. The molecule has 0 bridgehead atoms. The van der Waals surface area contributed by atoms with Gasteiger partial charge in [-0.3, -0.25) is 0 Å². The molecule has 2 amide bonds. The first-order valence-electron chi connectivity index (χ1n) is 12.9. The Kier molecular flexibility index (Phi) is 10.8. The second-order valence-electron chi connectivity index (χ2n) is 9.76. The van der Waals surface area contributed by atoms with Crippen molar-refractivity contribution < 1.29 is 40.6 Å². The van der Waals surface area contributed by atoms with Crippen LogP contribution in [0.4, 0.5) is 35.5 Å². The fraction of sp³-hybridized carbons (Fsp3) is 0.519. The molecule has 0 radical (unpaired) electrons. The molecular formula is C27H33F7N4O2. The number of alkyl halides is 6. The zero-order valence-electron chi connectivity index (χ0n) is 21.9. The number of carbonyl (C=O) groups is 1. The fourth-order valence-electron chi connectivity index (χ4n) is 4.85. The third-order valence-electron chi connectivity index (χ3n) is 6.81. The van der Waals surface area contributed by atoms with Crippen LogP contribution < -0.4 is 16.0 Å². The van der Waals surface area contributed by atoms with Gasteiger partial charge in [0.2, 0.25) is 0 Å². The van der Waals surface area contributed by atoms with E-state index in [4.69, 9.17) is 5.11 Å². The SMILES string of the molecule is Cc1cc(F)ccc1[C@H]1C[C@H](NCCNCCO)CCN1C(=O)NCCc1cc(C(F)(F)F)cc(C(F)(F)F)c1. The number of rotatable bonds is 10. The van der Waals surface area contributed by atoms with E-state index in [1.165, 1.54) is 12.1 Å². The Balaban J connectivity index is 1.70. The smallest absolute Gasteiger partial charge is 0.395 e. The van der Waals surface area contributed by atoms with Gasteiger partial charge in [0, 0.05) is 38.8 Å². The van der Waals surface area contributed by atoms with Gasteiger partial charge in [-0.1, -0.05) is 6.07 Å². The van der Waals surface area contributed by atoms with Crippen LogP contribution >= 0.6 is 0 Å². The molecule has 40 heavy (non-hydrogen) atoms. The number of hydrogen-bond donors (Lipinski definition) is 4. The number of nitrogens with one attached hydrogen (secondary N) is 3. The number of aliphatic hydroxyl groups excluding tert-OH is 1. The number of aryl methyl sites for hydroxylation is 1. The summed E-state index contributed by atoms with van der Waals surface area (Å²) in [4.78, 5) is 14.7. The molecule has 0 unspecified atom stereocenters. The maximum absolute atomic E-state index is 13.8. The molecule has 2 aromatic carbocycles. The van der Waals surface area contributed by atoms with Crippen molar-refractivity contribution in [3.8, 4) is 0 Å². The topological polar surface area (TPSA) is 76.6 Å². The number of hydrogen-bond acceptors (Lipinski definition) is 4. The summed E-state index contributed by atoms with van der Waals surface area (Å²) in [5, 5.41) is 18.0. The van der Waals surface area contributed by atoms with Crippen LogP contribution in [0, 0.1) is 12.7 Å². The zero-order valence-corrected chi connectivity index (χ0v) is 21.9. The van der Waals surface area contributed by atoms with E-state index in [1.54, 1.807) is 17.9 Å². The lowest BCUT2D eigenvalue weighted by molar-refractivity contribution is -0.143. The highest BCUT2D eigenvalue weighted by atomic mass is 19.4. The predicted octanol–water partition coefficient (Wildman–Crippen LogP) is 4.80. The quantitative estimate of drug-likeness (QED) is 0.242. The predicted molar refractivity (Wildman–Crippen MR) is 135 cm³/mol. The number of likely N-dealkylation sites (tertiary alicyclic amines) is 1. The van der Waals surface area contributed by atoms with Gasteiger partial charge < -0.3 is 26.0 Å². The van der Waals surface area contributed by atoms with Gasteiger partial charge in [0.05, 0.1) is 23.8 Å². The molecule has 0 spiro atoms. The summed E-state index contributed by atoms with van der Waals surface area (Å²) in [7, 11) is 0. The molecule has 0 saturated carbocycles. The van der Waals surface area contributed by atoms with E-state index < -0.39 is 41.4 Å². The highest BCUT2D eigenvalue weighted by Crippen LogP contribution is 2.37. The van der Waals surface area contributed by atoms with Gasteiger partial charge in [0.15, 0.2) is 0 Å². The minimum absolute atomic E-state index is 0.0245. The molecule has 0 aliphatic carbocycles. The van der Waals surface area contributed by atoms with Gasteiger partial charge in [0.1, 0.15) is 5.82 Å². The molecule has 1 fully saturated rings. The molecule has 1 aliphatic rings.